The van der Waals surface area contributed by atoms with Crippen LogP contribution in [-0.4, -0.2) is 47.2 Å². The number of ether oxygens (including phenoxy) is 2. The van der Waals surface area contributed by atoms with Crippen molar-refractivity contribution in [2.24, 2.45) is 5.41 Å². The minimum Gasteiger partial charge on any atom is -0.474 e. The lowest BCUT2D eigenvalue weighted by Crippen LogP contribution is -2.53. The number of rotatable bonds is 3. The molecule has 1 spiro atoms. The van der Waals surface area contributed by atoms with Crippen molar-refractivity contribution in [1.29, 1.82) is 0 Å². The molecule has 0 radical (unpaired) electrons. The van der Waals surface area contributed by atoms with Gasteiger partial charge in [-0.1, -0.05) is 13.0 Å². The Labute approximate surface area is 149 Å². The maximum Gasteiger partial charge on any atom is 0.228 e. The Morgan fingerprint density at radius 2 is 2.04 bits per heavy atom. The van der Waals surface area contributed by atoms with E-state index >= 15 is 0 Å². The SMILES string of the molecule is Cc1cccc(OC2CCOC3(CCN(C(=O)C4(C)CC4)CC3)C2)n1. The van der Waals surface area contributed by atoms with Crippen molar-refractivity contribution in [3.63, 3.8) is 0 Å². The Hall–Kier alpha value is -1.62. The summed E-state index contributed by atoms with van der Waals surface area (Å²) in [5.74, 6) is 1.05. The second-order valence-electron chi connectivity index (χ2n) is 8.23. The number of likely N-dealkylation sites (tertiary alicyclic amines) is 1. The molecule has 3 aliphatic rings. The summed E-state index contributed by atoms with van der Waals surface area (Å²) < 4.78 is 12.3. The first-order valence-corrected chi connectivity index (χ1v) is 9.52. The summed E-state index contributed by atoms with van der Waals surface area (Å²) in [6, 6.07) is 5.88. The molecular formula is C20H28N2O3. The van der Waals surface area contributed by atoms with E-state index in [0.717, 1.165) is 63.9 Å². The third kappa shape index (κ3) is 3.52. The van der Waals surface area contributed by atoms with E-state index in [1.807, 2.05) is 30.0 Å². The molecule has 1 unspecified atom stereocenters. The van der Waals surface area contributed by atoms with Gasteiger partial charge < -0.3 is 14.4 Å². The molecule has 0 bridgehead atoms. The number of carbonyl (C=O) groups excluding carboxylic acids is 1. The van der Waals surface area contributed by atoms with Gasteiger partial charge in [-0.2, -0.15) is 0 Å². The van der Waals surface area contributed by atoms with Crippen LogP contribution in [0.5, 0.6) is 5.88 Å². The van der Waals surface area contributed by atoms with Crippen molar-refractivity contribution in [2.45, 2.75) is 64.1 Å². The van der Waals surface area contributed by atoms with Gasteiger partial charge in [0.1, 0.15) is 6.10 Å². The van der Waals surface area contributed by atoms with E-state index in [1.165, 1.54) is 0 Å². The standard InChI is InChI=1S/C20H28N2O3/c1-15-4-3-5-17(21-15)25-16-6-13-24-20(14-16)9-11-22(12-10-20)18(23)19(2)7-8-19/h3-5,16H,6-14H2,1-2H3. The molecule has 0 N–H and O–H groups in total. The van der Waals surface area contributed by atoms with Gasteiger partial charge in [-0.15, -0.1) is 0 Å². The van der Waals surface area contributed by atoms with E-state index in [1.54, 1.807) is 0 Å². The number of amides is 1. The van der Waals surface area contributed by atoms with E-state index in [0.29, 0.717) is 11.8 Å². The van der Waals surface area contributed by atoms with Crippen LogP contribution in [0.1, 0.15) is 51.1 Å². The normalized spacial score (nSPS) is 27.1. The first kappa shape index (κ1) is 16.8. The Balaban J connectivity index is 1.36. The van der Waals surface area contributed by atoms with Gasteiger partial charge in [-0.05, 0) is 38.7 Å². The molecule has 1 aromatic heterocycles. The minimum atomic E-state index is -0.131. The third-order valence-electron chi connectivity index (χ3n) is 6.08. The molecule has 5 nitrogen and oxygen atoms in total. The van der Waals surface area contributed by atoms with Crippen LogP contribution in [0, 0.1) is 12.3 Å². The number of hydrogen-bond acceptors (Lipinski definition) is 4. The number of aromatic nitrogens is 1. The molecule has 3 heterocycles. The maximum absolute atomic E-state index is 12.5. The van der Waals surface area contributed by atoms with Gasteiger partial charge in [0.05, 0.1) is 12.2 Å². The summed E-state index contributed by atoms with van der Waals surface area (Å²) in [4.78, 5) is 19.0. The van der Waals surface area contributed by atoms with Crippen molar-refractivity contribution < 1.29 is 14.3 Å². The number of pyridine rings is 1. The lowest BCUT2D eigenvalue weighted by Gasteiger charge is -2.46. The molecule has 0 aromatic carbocycles. The molecule has 136 valence electrons. The highest BCUT2D eigenvalue weighted by Gasteiger charge is 2.49. The molecule has 5 heteroatoms. The molecule has 2 saturated heterocycles. The Kier molecular flexibility index (Phi) is 4.22. The average Bonchev–Trinajstić information content (AvgIpc) is 3.34. The fraction of sp³-hybridized carbons (Fsp3) is 0.700. The Morgan fingerprint density at radius 3 is 2.72 bits per heavy atom. The first-order chi connectivity index (χ1) is 12.0. The van der Waals surface area contributed by atoms with Gasteiger partial charge in [0.2, 0.25) is 11.8 Å². The first-order valence-electron chi connectivity index (χ1n) is 9.52. The zero-order valence-electron chi connectivity index (χ0n) is 15.3. The highest BCUT2D eigenvalue weighted by Crippen LogP contribution is 2.47. The van der Waals surface area contributed by atoms with Crippen LogP contribution >= 0.6 is 0 Å². The molecule has 4 rings (SSSR count). The summed E-state index contributed by atoms with van der Waals surface area (Å²) >= 11 is 0. The van der Waals surface area contributed by atoms with Gasteiger partial charge in [0, 0.05) is 43.1 Å². The van der Waals surface area contributed by atoms with E-state index < -0.39 is 0 Å². The van der Waals surface area contributed by atoms with Crippen molar-refractivity contribution in [3.8, 4) is 5.88 Å². The van der Waals surface area contributed by atoms with Gasteiger partial charge >= 0.3 is 0 Å². The molecule has 1 saturated carbocycles. The summed E-state index contributed by atoms with van der Waals surface area (Å²) in [5.41, 5.74) is 0.772. The molecule has 25 heavy (non-hydrogen) atoms. The lowest BCUT2D eigenvalue weighted by atomic mass is 9.83. The fourth-order valence-corrected chi connectivity index (χ4v) is 4.09. The Morgan fingerprint density at radius 1 is 1.28 bits per heavy atom. The smallest absolute Gasteiger partial charge is 0.228 e. The van der Waals surface area contributed by atoms with Crippen LogP contribution in [0.15, 0.2) is 18.2 Å². The van der Waals surface area contributed by atoms with Crippen LogP contribution < -0.4 is 4.74 Å². The van der Waals surface area contributed by atoms with Crippen molar-refractivity contribution in [3.05, 3.63) is 23.9 Å². The van der Waals surface area contributed by atoms with E-state index in [4.69, 9.17) is 9.47 Å². The summed E-state index contributed by atoms with van der Waals surface area (Å²) in [6.45, 7) is 6.41. The van der Waals surface area contributed by atoms with Crippen LogP contribution in [0.25, 0.3) is 0 Å². The average molecular weight is 344 g/mol. The quantitative estimate of drug-likeness (QED) is 0.845. The molecule has 1 aliphatic carbocycles. The van der Waals surface area contributed by atoms with Gasteiger partial charge in [0.25, 0.3) is 0 Å². The topological polar surface area (TPSA) is 51.7 Å². The van der Waals surface area contributed by atoms with Crippen LogP contribution in [-0.2, 0) is 9.53 Å². The minimum absolute atomic E-state index is 0.0690. The molecule has 3 fully saturated rings. The number of nitrogens with zero attached hydrogens (tertiary/aromatic N) is 2. The molecular weight excluding hydrogens is 316 g/mol. The maximum atomic E-state index is 12.5. The molecule has 1 atom stereocenters. The van der Waals surface area contributed by atoms with Crippen LogP contribution in [0.4, 0.5) is 0 Å². The predicted molar refractivity (Wildman–Crippen MR) is 94.5 cm³/mol. The van der Waals surface area contributed by atoms with E-state index in [9.17, 15) is 4.79 Å². The Bertz CT molecular complexity index is 648. The second kappa shape index (κ2) is 6.27. The predicted octanol–water partition coefficient (Wildman–Crippen LogP) is 3.11. The summed E-state index contributed by atoms with van der Waals surface area (Å²) in [7, 11) is 0. The molecule has 1 aromatic rings. The largest absolute Gasteiger partial charge is 0.474 e. The summed E-state index contributed by atoms with van der Waals surface area (Å²) in [5, 5.41) is 0. The molecule has 2 aliphatic heterocycles. The van der Waals surface area contributed by atoms with E-state index in [2.05, 4.69) is 11.9 Å². The number of piperidine rings is 1. The lowest BCUT2D eigenvalue weighted by molar-refractivity contribution is -0.154. The zero-order chi connectivity index (χ0) is 17.5. The highest BCUT2D eigenvalue weighted by atomic mass is 16.5. The fourth-order valence-electron chi connectivity index (χ4n) is 4.09. The zero-order valence-corrected chi connectivity index (χ0v) is 15.3. The van der Waals surface area contributed by atoms with E-state index in [-0.39, 0.29) is 17.1 Å². The second-order valence-corrected chi connectivity index (χ2v) is 8.23. The number of carbonyl (C=O) groups is 1. The monoisotopic (exact) mass is 344 g/mol. The summed E-state index contributed by atoms with van der Waals surface area (Å²) in [6.07, 6.45) is 5.85. The van der Waals surface area contributed by atoms with Gasteiger partial charge in [0.15, 0.2) is 0 Å². The highest BCUT2D eigenvalue weighted by molar-refractivity contribution is 5.85. The van der Waals surface area contributed by atoms with Crippen molar-refractivity contribution in [2.75, 3.05) is 19.7 Å². The molecule has 1 amide bonds. The van der Waals surface area contributed by atoms with Crippen molar-refractivity contribution >= 4 is 5.91 Å². The van der Waals surface area contributed by atoms with Crippen molar-refractivity contribution in [1.82, 2.24) is 9.88 Å². The van der Waals surface area contributed by atoms with Crippen LogP contribution in [0.2, 0.25) is 0 Å². The van der Waals surface area contributed by atoms with Gasteiger partial charge in [-0.3, -0.25) is 4.79 Å². The third-order valence-corrected chi connectivity index (χ3v) is 6.08. The van der Waals surface area contributed by atoms with Gasteiger partial charge in [-0.25, -0.2) is 4.98 Å². The number of hydrogen-bond donors (Lipinski definition) is 0. The number of aryl methyl sites for hydroxylation is 1. The van der Waals surface area contributed by atoms with Crippen LogP contribution in [0.3, 0.4) is 0 Å².